The van der Waals surface area contributed by atoms with Crippen molar-refractivity contribution in [1.82, 2.24) is 5.32 Å². The van der Waals surface area contributed by atoms with E-state index in [9.17, 15) is 0 Å². The molecular formula is C19H25NO2. The van der Waals surface area contributed by atoms with Crippen LogP contribution in [0.4, 0.5) is 0 Å². The first kappa shape index (κ1) is 16.5. The van der Waals surface area contributed by atoms with Crippen LogP contribution in [0, 0.1) is 0 Å². The van der Waals surface area contributed by atoms with Gasteiger partial charge < -0.3 is 15.2 Å². The van der Waals surface area contributed by atoms with Gasteiger partial charge in [0.25, 0.3) is 0 Å². The lowest BCUT2D eigenvalue weighted by Gasteiger charge is -2.16. The van der Waals surface area contributed by atoms with E-state index in [0.29, 0.717) is 6.04 Å². The van der Waals surface area contributed by atoms with Gasteiger partial charge in [0.05, 0.1) is 13.7 Å². The van der Waals surface area contributed by atoms with Crippen LogP contribution < -0.4 is 10.1 Å². The second-order valence-corrected chi connectivity index (χ2v) is 5.60. The number of hydrogen-bond donors (Lipinski definition) is 2. The van der Waals surface area contributed by atoms with Gasteiger partial charge in [-0.05, 0) is 49.1 Å². The van der Waals surface area contributed by atoms with E-state index in [1.165, 1.54) is 11.1 Å². The Bertz CT molecular complexity index is 566. The quantitative estimate of drug-likeness (QED) is 0.787. The summed E-state index contributed by atoms with van der Waals surface area (Å²) in [6.45, 7) is 3.24. The van der Waals surface area contributed by atoms with E-state index < -0.39 is 0 Å². The molecule has 3 nitrogen and oxygen atoms in total. The third-order valence-corrected chi connectivity index (χ3v) is 3.83. The van der Waals surface area contributed by atoms with Crippen LogP contribution in [0.25, 0.3) is 0 Å². The number of rotatable bonds is 8. The molecule has 0 fully saturated rings. The summed E-state index contributed by atoms with van der Waals surface area (Å²) in [6.07, 6.45) is 1.94. The van der Waals surface area contributed by atoms with Gasteiger partial charge in [-0.15, -0.1) is 0 Å². The maximum absolute atomic E-state index is 9.04. The number of benzene rings is 2. The lowest BCUT2D eigenvalue weighted by atomic mass is 10.1. The highest BCUT2D eigenvalue weighted by Crippen LogP contribution is 2.18. The largest absolute Gasteiger partial charge is 0.496 e. The molecule has 0 saturated heterocycles. The Labute approximate surface area is 133 Å². The van der Waals surface area contributed by atoms with E-state index in [-0.39, 0.29) is 6.61 Å². The normalized spacial score (nSPS) is 12.1. The Balaban J connectivity index is 1.78. The highest BCUT2D eigenvalue weighted by atomic mass is 16.5. The van der Waals surface area contributed by atoms with Crippen LogP contribution in [-0.4, -0.2) is 24.8 Å². The molecule has 3 heteroatoms. The van der Waals surface area contributed by atoms with Gasteiger partial charge in [-0.25, -0.2) is 0 Å². The highest BCUT2D eigenvalue weighted by Gasteiger charge is 2.07. The summed E-state index contributed by atoms with van der Waals surface area (Å²) in [5, 5.41) is 12.6. The molecular weight excluding hydrogens is 274 g/mol. The van der Waals surface area contributed by atoms with Crippen molar-refractivity contribution in [1.29, 1.82) is 0 Å². The minimum absolute atomic E-state index is 0.106. The van der Waals surface area contributed by atoms with Crippen molar-refractivity contribution in [2.24, 2.45) is 0 Å². The van der Waals surface area contributed by atoms with Crippen LogP contribution in [-0.2, 0) is 19.4 Å². The number of hydrogen-bond acceptors (Lipinski definition) is 3. The maximum atomic E-state index is 9.04. The minimum atomic E-state index is 0.106. The summed E-state index contributed by atoms with van der Waals surface area (Å²) in [7, 11) is 1.72. The van der Waals surface area contributed by atoms with E-state index in [0.717, 1.165) is 30.7 Å². The fourth-order valence-electron chi connectivity index (χ4n) is 2.55. The fourth-order valence-corrected chi connectivity index (χ4v) is 2.55. The van der Waals surface area contributed by atoms with Gasteiger partial charge in [0.15, 0.2) is 0 Å². The van der Waals surface area contributed by atoms with Crippen molar-refractivity contribution < 1.29 is 9.84 Å². The topological polar surface area (TPSA) is 41.5 Å². The van der Waals surface area contributed by atoms with Crippen LogP contribution in [0.3, 0.4) is 0 Å². The Hall–Kier alpha value is -1.84. The molecule has 22 heavy (non-hydrogen) atoms. The number of ether oxygens (including phenoxy) is 1. The molecule has 2 N–H and O–H groups in total. The number of para-hydroxylation sites is 1. The first-order chi connectivity index (χ1) is 10.7. The molecule has 0 aliphatic carbocycles. The molecule has 0 aliphatic heterocycles. The summed E-state index contributed by atoms with van der Waals surface area (Å²) >= 11 is 0. The van der Waals surface area contributed by atoms with Crippen molar-refractivity contribution in [3.8, 4) is 5.75 Å². The number of nitrogens with one attached hydrogen (secondary N) is 1. The van der Waals surface area contributed by atoms with Gasteiger partial charge in [0.1, 0.15) is 5.75 Å². The van der Waals surface area contributed by atoms with Gasteiger partial charge in [0.2, 0.25) is 0 Å². The molecule has 2 aromatic rings. The van der Waals surface area contributed by atoms with Crippen molar-refractivity contribution in [2.75, 3.05) is 13.7 Å². The zero-order valence-electron chi connectivity index (χ0n) is 13.4. The molecule has 0 saturated carbocycles. The SMILES string of the molecule is COc1ccccc1CC(C)NCCc1ccc(CO)cc1. The number of aliphatic hydroxyl groups excluding tert-OH is 1. The molecule has 1 unspecified atom stereocenters. The third-order valence-electron chi connectivity index (χ3n) is 3.83. The summed E-state index contributed by atoms with van der Waals surface area (Å²) < 4.78 is 5.39. The van der Waals surface area contributed by atoms with Gasteiger partial charge in [-0.1, -0.05) is 42.5 Å². The molecule has 0 bridgehead atoms. The summed E-state index contributed by atoms with van der Waals surface area (Å²) in [6, 6.07) is 16.7. The number of aliphatic hydroxyl groups is 1. The van der Waals surface area contributed by atoms with E-state index in [1.807, 2.05) is 30.3 Å². The van der Waals surface area contributed by atoms with Gasteiger partial charge >= 0.3 is 0 Å². The Morgan fingerprint density at radius 1 is 1.05 bits per heavy atom. The van der Waals surface area contributed by atoms with Gasteiger partial charge in [0, 0.05) is 6.04 Å². The molecule has 1 atom stereocenters. The molecule has 0 radical (unpaired) electrons. The summed E-state index contributed by atoms with van der Waals surface area (Å²) in [5.41, 5.74) is 3.48. The molecule has 2 aromatic carbocycles. The van der Waals surface area contributed by atoms with Crippen LogP contribution in [0.1, 0.15) is 23.6 Å². The Kier molecular flexibility index (Phi) is 6.44. The molecule has 0 heterocycles. The van der Waals surface area contributed by atoms with Crippen molar-refractivity contribution in [3.05, 3.63) is 65.2 Å². The van der Waals surface area contributed by atoms with Gasteiger partial charge in [-0.3, -0.25) is 0 Å². The van der Waals surface area contributed by atoms with Crippen LogP contribution in [0.5, 0.6) is 5.75 Å². The second kappa shape index (κ2) is 8.57. The van der Waals surface area contributed by atoms with Gasteiger partial charge in [-0.2, -0.15) is 0 Å². The first-order valence-corrected chi connectivity index (χ1v) is 7.77. The lowest BCUT2D eigenvalue weighted by molar-refractivity contribution is 0.282. The van der Waals surface area contributed by atoms with Crippen LogP contribution >= 0.6 is 0 Å². The van der Waals surface area contributed by atoms with E-state index in [4.69, 9.17) is 9.84 Å². The molecule has 118 valence electrons. The van der Waals surface area contributed by atoms with Crippen molar-refractivity contribution in [2.45, 2.75) is 32.4 Å². The predicted molar refractivity (Wildman–Crippen MR) is 90.2 cm³/mol. The minimum Gasteiger partial charge on any atom is -0.496 e. The fraction of sp³-hybridized carbons (Fsp3) is 0.368. The monoisotopic (exact) mass is 299 g/mol. The highest BCUT2D eigenvalue weighted by molar-refractivity contribution is 5.33. The first-order valence-electron chi connectivity index (χ1n) is 7.77. The Morgan fingerprint density at radius 2 is 1.73 bits per heavy atom. The summed E-state index contributed by atoms with van der Waals surface area (Å²) in [5.74, 6) is 0.954. The predicted octanol–water partition coefficient (Wildman–Crippen LogP) is 2.95. The maximum Gasteiger partial charge on any atom is 0.122 e. The average molecular weight is 299 g/mol. The standard InChI is InChI=1S/C19H25NO2/c1-15(13-18-5-3-4-6-19(18)22-2)20-12-11-16-7-9-17(14-21)10-8-16/h3-10,15,20-21H,11-14H2,1-2H3. The zero-order valence-corrected chi connectivity index (χ0v) is 13.4. The van der Waals surface area contributed by atoms with Crippen LogP contribution in [0.2, 0.25) is 0 Å². The van der Waals surface area contributed by atoms with Crippen molar-refractivity contribution >= 4 is 0 Å². The van der Waals surface area contributed by atoms with E-state index in [1.54, 1.807) is 7.11 Å². The zero-order chi connectivity index (χ0) is 15.8. The Morgan fingerprint density at radius 3 is 2.41 bits per heavy atom. The lowest BCUT2D eigenvalue weighted by Crippen LogP contribution is -2.30. The third kappa shape index (κ3) is 4.86. The smallest absolute Gasteiger partial charge is 0.122 e. The molecule has 0 amide bonds. The molecule has 0 spiro atoms. The van der Waals surface area contributed by atoms with Crippen LogP contribution in [0.15, 0.2) is 48.5 Å². The second-order valence-electron chi connectivity index (χ2n) is 5.60. The number of methoxy groups -OCH3 is 1. The van der Waals surface area contributed by atoms with E-state index in [2.05, 4.69) is 30.4 Å². The molecule has 0 aliphatic rings. The summed E-state index contributed by atoms with van der Waals surface area (Å²) in [4.78, 5) is 0. The average Bonchev–Trinajstić information content (AvgIpc) is 2.56. The van der Waals surface area contributed by atoms with Crippen molar-refractivity contribution in [3.63, 3.8) is 0 Å². The molecule has 2 rings (SSSR count). The molecule has 0 aromatic heterocycles. The van der Waals surface area contributed by atoms with E-state index >= 15 is 0 Å².